The normalized spacial score (nSPS) is 15.1. The summed E-state index contributed by atoms with van der Waals surface area (Å²) >= 11 is 0. The number of alkyl halides is 3. The van der Waals surface area contributed by atoms with E-state index in [2.05, 4.69) is 20.8 Å². The van der Waals surface area contributed by atoms with Crippen molar-refractivity contribution in [2.24, 2.45) is 5.41 Å². The van der Waals surface area contributed by atoms with Crippen LogP contribution in [0.2, 0.25) is 0 Å². The van der Waals surface area contributed by atoms with Crippen LogP contribution in [0.4, 0.5) is 13.2 Å². The van der Waals surface area contributed by atoms with E-state index in [1.165, 1.54) is 10.6 Å². The first-order valence-electron chi connectivity index (χ1n) is 13.2. The molecule has 0 unspecified atom stereocenters. The molecule has 3 aromatic rings. The van der Waals surface area contributed by atoms with Crippen molar-refractivity contribution < 1.29 is 33.0 Å². The number of carbonyl (C=O) groups excluding carboxylic acids is 2. The summed E-state index contributed by atoms with van der Waals surface area (Å²) in [6.45, 7) is 3.44. The van der Waals surface area contributed by atoms with Crippen molar-refractivity contribution in [2.75, 3.05) is 26.7 Å². The van der Waals surface area contributed by atoms with E-state index in [0.717, 1.165) is 11.6 Å². The Balaban J connectivity index is 1.84. The van der Waals surface area contributed by atoms with Crippen molar-refractivity contribution >= 4 is 11.8 Å². The number of halogens is 3. The number of benzene rings is 2. The average Bonchev–Trinajstić information content (AvgIpc) is 3.36. The highest BCUT2D eigenvalue weighted by Crippen LogP contribution is 2.39. The molecule has 0 saturated carbocycles. The molecule has 2 amide bonds. The Hall–Kier alpha value is -4.13. The van der Waals surface area contributed by atoms with Gasteiger partial charge < -0.3 is 26.2 Å². The van der Waals surface area contributed by atoms with Crippen molar-refractivity contribution in [2.45, 2.75) is 45.2 Å². The zero-order valence-corrected chi connectivity index (χ0v) is 23.0. The molecule has 0 atom stereocenters. The predicted molar refractivity (Wildman–Crippen MR) is 145 cm³/mol. The van der Waals surface area contributed by atoms with E-state index in [4.69, 9.17) is 0 Å². The molecule has 1 aliphatic rings. The monoisotopic (exact) mass is 574 g/mol. The molecule has 1 aromatic heterocycles. The number of hydrogen-bond acceptors (Lipinski definition) is 7. The van der Waals surface area contributed by atoms with Crippen molar-refractivity contribution in [3.63, 3.8) is 0 Å². The number of aromatic hydroxyl groups is 2. The fraction of sp³-hybridized carbons (Fsp3) is 0.429. The highest BCUT2D eigenvalue weighted by atomic mass is 19.4. The molecule has 41 heavy (non-hydrogen) atoms. The van der Waals surface area contributed by atoms with Gasteiger partial charge in [0.1, 0.15) is 18.0 Å². The van der Waals surface area contributed by atoms with Crippen molar-refractivity contribution in [1.82, 2.24) is 30.7 Å². The third-order valence-electron chi connectivity index (χ3n) is 7.30. The molecule has 13 heteroatoms. The Kier molecular flexibility index (Phi) is 8.57. The van der Waals surface area contributed by atoms with Gasteiger partial charge >= 0.3 is 6.18 Å². The summed E-state index contributed by atoms with van der Waals surface area (Å²) in [7, 11) is 1.59. The molecule has 0 radical (unpaired) electrons. The van der Waals surface area contributed by atoms with Gasteiger partial charge in [-0.1, -0.05) is 26.0 Å². The number of carbonyl (C=O) groups is 2. The molecular weight excluding hydrogens is 541 g/mol. The Morgan fingerprint density at radius 2 is 1.80 bits per heavy atom. The van der Waals surface area contributed by atoms with Crippen LogP contribution >= 0.6 is 0 Å². The van der Waals surface area contributed by atoms with Crippen LogP contribution in [0.25, 0.3) is 17.1 Å². The molecule has 1 aliphatic heterocycles. The predicted octanol–water partition coefficient (Wildman–Crippen LogP) is 3.42. The lowest BCUT2D eigenvalue weighted by Gasteiger charge is -2.36. The van der Waals surface area contributed by atoms with Crippen molar-refractivity contribution in [3.05, 3.63) is 53.3 Å². The summed E-state index contributed by atoms with van der Waals surface area (Å²) in [5.74, 6) is -2.28. The van der Waals surface area contributed by atoms with E-state index >= 15 is 0 Å². The van der Waals surface area contributed by atoms with E-state index in [9.17, 15) is 33.0 Å². The lowest BCUT2D eigenvalue weighted by atomic mass is 9.73. The number of hydrogen-bond donors (Lipinski definition) is 5. The molecule has 220 valence electrons. The summed E-state index contributed by atoms with van der Waals surface area (Å²) in [4.78, 5) is 25.9. The molecule has 2 aromatic carbocycles. The largest absolute Gasteiger partial charge is 0.508 e. The fourth-order valence-electron chi connectivity index (χ4n) is 5.20. The highest BCUT2D eigenvalue weighted by Gasteiger charge is 2.39. The fourth-order valence-corrected chi connectivity index (χ4v) is 5.20. The van der Waals surface area contributed by atoms with Gasteiger partial charge in [0.2, 0.25) is 11.7 Å². The molecule has 1 saturated heterocycles. The van der Waals surface area contributed by atoms with Crippen LogP contribution in [0.15, 0.2) is 36.4 Å². The van der Waals surface area contributed by atoms with Gasteiger partial charge in [-0.25, -0.2) is 0 Å². The van der Waals surface area contributed by atoms with Crippen LogP contribution in [0.3, 0.4) is 0 Å². The summed E-state index contributed by atoms with van der Waals surface area (Å²) in [6.07, 6.45) is -3.04. The maximum atomic E-state index is 12.9. The molecular formula is C28H33F3N6O4. The number of amides is 2. The van der Waals surface area contributed by atoms with Gasteiger partial charge in [0.15, 0.2) is 5.82 Å². The molecule has 0 bridgehead atoms. The number of aromatic nitrogens is 3. The minimum absolute atomic E-state index is 0.0124. The number of rotatable bonds is 8. The molecule has 4 rings (SSSR count). The zero-order valence-electron chi connectivity index (χ0n) is 23.0. The average molecular weight is 575 g/mol. The second kappa shape index (κ2) is 11.8. The van der Waals surface area contributed by atoms with Gasteiger partial charge in [-0.3, -0.25) is 14.2 Å². The minimum Gasteiger partial charge on any atom is -0.508 e. The Labute approximate surface area is 235 Å². The van der Waals surface area contributed by atoms with Gasteiger partial charge in [-0.15, -0.1) is 10.2 Å². The van der Waals surface area contributed by atoms with Crippen LogP contribution in [0.1, 0.15) is 54.4 Å². The van der Waals surface area contributed by atoms with Crippen LogP contribution < -0.4 is 16.0 Å². The summed E-state index contributed by atoms with van der Waals surface area (Å²) in [6, 6.07) is 9.55. The molecule has 10 nitrogen and oxygen atoms in total. The number of phenolic OH excluding ortho intramolecular Hbond substituents is 2. The number of nitrogens with one attached hydrogen (secondary N) is 3. The lowest BCUT2D eigenvalue weighted by Crippen LogP contribution is -2.48. The van der Waals surface area contributed by atoms with Crippen molar-refractivity contribution in [1.29, 1.82) is 0 Å². The van der Waals surface area contributed by atoms with Crippen molar-refractivity contribution in [3.8, 4) is 28.6 Å². The van der Waals surface area contributed by atoms with E-state index in [1.54, 1.807) is 25.2 Å². The molecule has 2 heterocycles. The topological polar surface area (TPSA) is 141 Å². The Bertz CT molecular complexity index is 1430. The Morgan fingerprint density at radius 1 is 1.10 bits per heavy atom. The maximum absolute atomic E-state index is 12.9. The first-order valence-corrected chi connectivity index (χ1v) is 13.2. The number of phenols is 2. The van der Waals surface area contributed by atoms with E-state index in [0.29, 0.717) is 43.6 Å². The second-order valence-corrected chi connectivity index (χ2v) is 10.5. The van der Waals surface area contributed by atoms with E-state index < -0.39 is 29.9 Å². The van der Waals surface area contributed by atoms with Crippen LogP contribution in [0.5, 0.6) is 11.5 Å². The van der Waals surface area contributed by atoms with Gasteiger partial charge in [0.05, 0.1) is 11.0 Å². The number of piperidine rings is 1. The van der Waals surface area contributed by atoms with E-state index in [-0.39, 0.29) is 34.7 Å². The summed E-state index contributed by atoms with van der Waals surface area (Å²) in [5, 5.41) is 36.9. The maximum Gasteiger partial charge on any atom is 0.405 e. The highest BCUT2D eigenvalue weighted by molar-refractivity contribution is 5.92. The Morgan fingerprint density at radius 3 is 2.44 bits per heavy atom. The molecule has 0 spiro atoms. The van der Waals surface area contributed by atoms with Crippen LogP contribution in [0, 0.1) is 5.41 Å². The van der Waals surface area contributed by atoms with Gasteiger partial charge in [0.25, 0.3) is 5.91 Å². The third-order valence-corrected chi connectivity index (χ3v) is 7.30. The zero-order chi connectivity index (χ0) is 29.9. The quantitative estimate of drug-likeness (QED) is 0.278. The summed E-state index contributed by atoms with van der Waals surface area (Å²) in [5.41, 5.74) is 1.05. The van der Waals surface area contributed by atoms with Gasteiger partial charge in [-0.2, -0.15) is 13.2 Å². The van der Waals surface area contributed by atoms with Gasteiger partial charge in [-0.05, 0) is 67.6 Å². The third kappa shape index (κ3) is 6.45. The van der Waals surface area contributed by atoms with Crippen LogP contribution in [-0.4, -0.2) is 69.7 Å². The summed E-state index contributed by atoms with van der Waals surface area (Å²) < 4.78 is 39.9. The molecule has 0 aliphatic carbocycles. The first-order chi connectivity index (χ1) is 19.3. The van der Waals surface area contributed by atoms with Crippen LogP contribution in [-0.2, 0) is 11.2 Å². The molecule has 1 fully saturated rings. The number of nitrogens with zero attached hydrogens (tertiary/aromatic N) is 3. The lowest BCUT2D eigenvalue weighted by molar-refractivity contribution is -0.132. The smallest absolute Gasteiger partial charge is 0.405 e. The first kappa shape index (κ1) is 29.8. The minimum atomic E-state index is -4.65. The standard InChI is InChI=1S/C28H33F3N6O4/c1-16(2)19-12-20(22(39)13-21(19)38)23-35-36-24(25(40)34-15-28(29,30)31)37(23)18-6-4-5-17(11-18)14-27(26(41)32-3)7-9-33-10-8-27/h4-6,11-13,16,33,38-39H,7-10,14-15H2,1-3H3,(H,32,41)(H,34,40). The van der Waals surface area contributed by atoms with E-state index in [1.807, 2.05) is 25.2 Å². The van der Waals surface area contributed by atoms with Gasteiger partial charge in [0, 0.05) is 18.8 Å². The SMILES string of the molecule is CNC(=O)C1(Cc2cccc(-n3c(C(=O)NCC(F)(F)F)nnc3-c3cc(C(C)C)c(O)cc3O)c2)CCNCC1. The molecule has 5 N–H and O–H groups in total. The second-order valence-electron chi connectivity index (χ2n) is 10.5.